The van der Waals surface area contributed by atoms with Crippen LogP contribution in [0.4, 0.5) is 0 Å². The molecule has 0 saturated heterocycles. The van der Waals surface area contributed by atoms with Gasteiger partial charge < -0.3 is 4.42 Å². The van der Waals surface area contributed by atoms with Crippen molar-refractivity contribution in [3.8, 4) is 28.2 Å². The van der Waals surface area contributed by atoms with Gasteiger partial charge in [-0.1, -0.05) is 64.1 Å². The molecule has 3 heterocycles. The van der Waals surface area contributed by atoms with E-state index in [1.807, 2.05) is 36.9 Å². The fourth-order valence-corrected chi connectivity index (χ4v) is 5.13. The number of hydrogen-bond donors (Lipinski definition) is 0. The van der Waals surface area contributed by atoms with E-state index in [0.29, 0.717) is 11.8 Å². The first kappa shape index (κ1) is 22.3. The van der Waals surface area contributed by atoms with Gasteiger partial charge in [-0.3, -0.25) is 9.55 Å². The van der Waals surface area contributed by atoms with E-state index in [-0.39, 0.29) is 0 Å². The summed E-state index contributed by atoms with van der Waals surface area (Å²) in [6.45, 7) is 9.04. The Morgan fingerprint density at radius 3 is 2.19 bits per heavy atom. The Labute approximate surface area is 211 Å². The first-order chi connectivity index (χ1) is 17.5. The summed E-state index contributed by atoms with van der Waals surface area (Å²) in [4.78, 5) is 9.35. The summed E-state index contributed by atoms with van der Waals surface area (Å²) in [6, 6.07) is 25.5. The topological polar surface area (TPSA) is 43.9 Å². The minimum Gasteiger partial charge on any atom is -0.464 e. The molecule has 0 fully saturated rings. The number of fused-ring (bicyclic) bond motifs is 2. The summed E-state index contributed by atoms with van der Waals surface area (Å²) in [7, 11) is 0. The van der Waals surface area contributed by atoms with Crippen molar-refractivity contribution < 1.29 is 4.42 Å². The number of rotatable bonds is 5. The number of hydrogen-bond acceptors (Lipinski definition) is 3. The van der Waals surface area contributed by atoms with Crippen LogP contribution in [0.2, 0.25) is 0 Å². The number of benzene rings is 3. The second-order valence-electron chi connectivity index (χ2n) is 9.95. The number of para-hydroxylation sites is 3. The summed E-state index contributed by atoms with van der Waals surface area (Å²) in [5.74, 6) is 1.64. The van der Waals surface area contributed by atoms with Crippen molar-refractivity contribution in [2.24, 2.45) is 0 Å². The average Bonchev–Trinajstić information content (AvgIpc) is 3.49. The van der Waals surface area contributed by atoms with Gasteiger partial charge in [0.15, 0.2) is 0 Å². The van der Waals surface area contributed by atoms with Gasteiger partial charge in [0, 0.05) is 17.8 Å². The maximum atomic E-state index is 6.07. The van der Waals surface area contributed by atoms with Gasteiger partial charge in [-0.05, 0) is 70.5 Å². The SMILES string of the molecule is CC(C)c1cccc(C(C)C)c1-n1c(-c2coc3ccc(-c4ccncc4)cc23)nc2ccccc21. The number of furan rings is 1. The van der Waals surface area contributed by atoms with Crippen molar-refractivity contribution >= 4 is 22.0 Å². The van der Waals surface area contributed by atoms with Gasteiger partial charge >= 0.3 is 0 Å². The zero-order valence-electron chi connectivity index (χ0n) is 21.1. The van der Waals surface area contributed by atoms with Gasteiger partial charge in [0.1, 0.15) is 17.7 Å². The highest BCUT2D eigenvalue weighted by Crippen LogP contribution is 2.40. The quantitative estimate of drug-likeness (QED) is 0.252. The van der Waals surface area contributed by atoms with Crippen LogP contribution < -0.4 is 0 Å². The van der Waals surface area contributed by atoms with Crippen molar-refractivity contribution in [2.75, 3.05) is 0 Å². The number of imidazole rings is 1. The van der Waals surface area contributed by atoms with Gasteiger partial charge in [0.05, 0.1) is 22.3 Å². The summed E-state index contributed by atoms with van der Waals surface area (Å²) < 4.78 is 8.42. The van der Waals surface area contributed by atoms with E-state index in [9.17, 15) is 0 Å². The highest BCUT2D eigenvalue weighted by molar-refractivity contribution is 5.97. The minimum absolute atomic E-state index is 0.368. The zero-order valence-corrected chi connectivity index (χ0v) is 21.1. The summed E-state index contributed by atoms with van der Waals surface area (Å²) in [5.41, 5.74) is 10.0. The average molecular weight is 472 g/mol. The van der Waals surface area contributed by atoms with Crippen molar-refractivity contribution in [3.05, 3.63) is 103 Å². The molecule has 4 heteroatoms. The number of aromatic nitrogens is 3. The van der Waals surface area contributed by atoms with Crippen LogP contribution >= 0.6 is 0 Å². The molecule has 6 aromatic rings. The Kier molecular flexibility index (Phi) is 5.45. The maximum absolute atomic E-state index is 6.07. The fourth-order valence-electron chi connectivity index (χ4n) is 5.13. The summed E-state index contributed by atoms with van der Waals surface area (Å²) in [5, 5.41) is 1.05. The largest absolute Gasteiger partial charge is 0.464 e. The molecule has 0 aliphatic heterocycles. The molecule has 0 saturated carbocycles. The molecule has 0 bridgehead atoms. The van der Waals surface area contributed by atoms with Crippen LogP contribution in [0, 0.1) is 0 Å². The second kappa shape index (κ2) is 8.80. The van der Waals surface area contributed by atoms with Gasteiger partial charge in [0.2, 0.25) is 0 Å². The third kappa shape index (κ3) is 3.61. The van der Waals surface area contributed by atoms with Crippen LogP contribution in [0.3, 0.4) is 0 Å². The molecular formula is C32H29N3O. The Bertz CT molecular complexity index is 1660. The molecule has 6 rings (SSSR count). The van der Waals surface area contributed by atoms with E-state index in [1.54, 1.807) is 0 Å². The monoisotopic (exact) mass is 471 g/mol. The van der Waals surface area contributed by atoms with Gasteiger partial charge in [-0.25, -0.2) is 4.98 Å². The lowest BCUT2D eigenvalue weighted by Crippen LogP contribution is -2.08. The smallest absolute Gasteiger partial charge is 0.149 e. The predicted molar refractivity (Wildman–Crippen MR) is 148 cm³/mol. The lowest BCUT2D eigenvalue weighted by molar-refractivity contribution is 0.616. The van der Waals surface area contributed by atoms with Gasteiger partial charge in [-0.15, -0.1) is 0 Å². The van der Waals surface area contributed by atoms with Crippen molar-refractivity contribution in [1.29, 1.82) is 0 Å². The zero-order chi connectivity index (χ0) is 24.8. The van der Waals surface area contributed by atoms with Crippen LogP contribution in [0.1, 0.15) is 50.7 Å². The maximum Gasteiger partial charge on any atom is 0.149 e. The van der Waals surface area contributed by atoms with E-state index in [1.165, 1.54) is 16.8 Å². The summed E-state index contributed by atoms with van der Waals surface area (Å²) in [6.07, 6.45) is 5.50. The minimum atomic E-state index is 0.368. The molecular weight excluding hydrogens is 442 g/mol. The van der Waals surface area contributed by atoms with Crippen LogP contribution in [-0.2, 0) is 0 Å². The number of nitrogens with zero attached hydrogens (tertiary/aromatic N) is 3. The fraction of sp³-hybridized carbons (Fsp3) is 0.188. The van der Waals surface area contributed by atoms with Crippen LogP contribution in [-0.4, -0.2) is 14.5 Å². The van der Waals surface area contributed by atoms with Crippen molar-refractivity contribution in [2.45, 2.75) is 39.5 Å². The molecule has 0 unspecified atom stereocenters. The lowest BCUT2D eigenvalue weighted by Gasteiger charge is -2.22. The summed E-state index contributed by atoms with van der Waals surface area (Å²) >= 11 is 0. The predicted octanol–water partition coefficient (Wildman–Crippen LogP) is 8.75. The van der Waals surface area contributed by atoms with Gasteiger partial charge in [0.25, 0.3) is 0 Å². The first-order valence-corrected chi connectivity index (χ1v) is 12.6. The second-order valence-corrected chi connectivity index (χ2v) is 9.95. The Morgan fingerprint density at radius 2 is 1.47 bits per heavy atom. The molecule has 3 aromatic carbocycles. The van der Waals surface area contributed by atoms with E-state index in [0.717, 1.165) is 44.5 Å². The molecule has 4 nitrogen and oxygen atoms in total. The molecule has 36 heavy (non-hydrogen) atoms. The van der Waals surface area contributed by atoms with Gasteiger partial charge in [-0.2, -0.15) is 0 Å². The molecule has 0 radical (unpaired) electrons. The van der Waals surface area contributed by atoms with Crippen molar-refractivity contribution in [1.82, 2.24) is 14.5 Å². The molecule has 3 aromatic heterocycles. The van der Waals surface area contributed by atoms with E-state index in [4.69, 9.17) is 9.40 Å². The molecule has 178 valence electrons. The lowest BCUT2D eigenvalue weighted by atomic mass is 9.92. The number of pyridine rings is 1. The Hall–Kier alpha value is -4.18. The highest BCUT2D eigenvalue weighted by Gasteiger charge is 2.23. The third-order valence-electron chi connectivity index (χ3n) is 6.95. The Balaban J connectivity index is 1.68. The van der Waals surface area contributed by atoms with E-state index < -0.39 is 0 Å². The molecule has 0 aliphatic rings. The molecule has 0 spiro atoms. The van der Waals surface area contributed by atoms with E-state index in [2.05, 4.69) is 91.8 Å². The first-order valence-electron chi connectivity index (χ1n) is 12.6. The molecule has 0 amide bonds. The van der Waals surface area contributed by atoms with Crippen LogP contribution in [0.25, 0.3) is 50.2 Å². The highest BCUT2D eigenvalue weighted by atomic mass is 16.3. The Morgan fingerprint density at radius 1 is 0.750 bits per heavy atom. The van der Waals surface area contributed by atoms with Crippen LogP contribution in [0.5, 0.6) is 0 Å². The molecule has 0 N–H and O–H groups in total. The third-order valence-corrected chi connectivity index (χ3v) is 6.95. The standard InChI is InChI=1S/C32H29N3O/c1-20(2)24-8-7-9-25(21(3)4)31(24)35-29-11-6-5-10-28(29)34-32(35)27-19-36-30-13-12-23(18-26(27)30)22-14-16-33-17-15-22/h5-21H,1-4H3. The van der Waals surface area contributed by atoms with Crippen LogP contribution in [0.15, 0.2) is 95.9 Å². The van der Waals surface area contributed by atoms with Crippen molar-refractivity contribution in [3.63, 3.8) is 0 Å². The molecule has 0 aliphatic carbocycles. The normalized spacial score (nSPS) is 11.8. The van der Waals surface area contributed by atoms with E-state index >= 15 is 0 Å². The molecule has 0 atom stereocenters.